The molecule has 4 saturated heterocycles. The van der Waals surface area contributed by atoms with Crippen LogP contribution < -0.4 is 16.0 Å². The van der Waals surface area contributed by atoms with Crippen LogP contribution in [0.4, 0.5) is 0 Å². The Labute approximate surface area is 862 Å². The Hall–Kier alpha value is -11.3. The van der Waals surface area contributed by atoms with Gasteiger partial charge in [0, 0.05) is 167 Å². The number of ether oxygens (including phenoxy) is 8. The normalized spacial score (nSPS) is 18.2. The largest absolute Gasteiger partial charge is 0.483 e. The van der Waals surface area contributed by atoms with Gasteiger partial charge in [-0.1, -0.05) is 0 Å². The fourth-order valence-corrected chi connectivity index (χ4v) is 18.9. The van der Waals surface area contributed by atoms with E-state index in [0.29, 0.717) is 116 Å². The van der Waals surface area contributed by atoms with E-state index in [1.54, 1.807) is 19.6 Å². The van der Waals surface area contributed by atoms with Gasteiger partial charge in [0.05, 0.1) is 132 Å². The quantitative estimate of drug-likeness (QED) is 0.00932. The SMILES string of the molecule is C/N=C\O[C@H](CCCCNCO[C@@H](CCCCNCOCCCCC1(N(CC(=O)O)CC(=O)O)CN(CC(=O)O)CCN(CC(=O)O)C1)NCOCCCCC1(N(CC(=O)O)CC(=O)O)CN(CC(=O)O)CCN(CC(=O)O)C1)/N=C/O[C@H](CCCC/N=C\OCCCCC1(N(CC(=O)O)CC(=O)O)CN(CC(=O)O)CCN(CC(=O)O)C1)/N=C\OCCCCC1(N(CC(=O)O)CC(=O)O)CN(COC=O)CCN(CC(=O)O)C1. The van der Waals surface area contributed by atoms with Gasteiger partial charge in [-0.05, 0) is 135 Å². The van der Waals surface area contributed by atoms with Crippen molar-refractivity contribution in [2.24, 2.45) is 20.0 Å². The van der Waals surface area contributed by atoms with Crippen molar-refractivity contribution in [3.63, 3.8) is 0 Å². The highest BCUT2D eigenvalue weighted by atomic mass is 16.5. The average Bonchev–Trinajstić information content (AvgIpc) is 1.75. The molecule has 1 unspecified atom stereocenters. The second-order valence-corrected chi connectivity index (χ2v) is 37.4. The molecular weight excluding hydrogens is 1980 g/mol. The lowest BCUT2D eigenvalue weighted by molar-refractivity contribution is -0.148. The van der Waals surface area contributed by atoms with Crippen LogP contribution >= 0.6 is 0 Å². The zero-order valence-corrected chi connectivity index (χ0v) is 84.8. The van der Waals surface area contributed by atoms with E-state index in [-0.39, 0.29) is 203 Å². The topological polar surface area (TPSA) is 775 Å². The first-order valence-electron chi connectivity index (χ1n) is 49.5. The maximum absolute atomic E-state index is 12.3. The van der Waals surface area contributed by atoms with Crippen LogP contribution in [0.5, 0.6) is 0 Å². The zero-order chi connectivity index (χ0) is 110. The number of carbonyl (C=O) groups is 16. The van der Waals surface area contributed by atoms with E-state index < -0.39 is 229 Å². The first-order valence-corrected chi connectivity index (χ1v) is 49.5. The fourth-order valence-electron chi connectivity index (χ4n) is 18.9. The molecule has 0 saturated carbocycles. The van der Waals surface area contributed by atoms with Gasteiger partial charge in [0.2, 0.25) is 0 Å². The van der Waals surface area contributed by atoms with E-state index in [0.717, 1.165) is 0 Å². The number of carbonyl (C=O) groups excluding carboxylic acids is 1. The van der Waals surface area contributed by atoms with E-state index in [1.165, 1.54) is 71.8 Å². The Kier molecular flexibility index (Phi) is 63.7. The fraction of sp³-hybridized carbons (Fsp3) is 0.780. The molecule has 0 aliphatic carbocycles. The molecule has 848 valence electrons. The van der Waals surface area contributed by atoms with Crippen LogP contribution in [0.25, 0.3) is 0 Å². The number of carboxylic acids is 15. The Morgan fingerprint density at radius 2 is 0.604 bits per heavy atom. The molecule has 58 nitrogen and oxygen atoms in total. The van der Waals surface area contributed by atoms with Gasteiger partial charge in [-0.3, -0.25) is 161 Å². The van der Waals surface area contributed by atoms with Crippen molar-refractivity contribution in [2.45, 2.75) is 176 Å². The van der Waals surface area contributed by atoms with Crippen molar-refractivity contribution < 1.29 is 191 Å². The van der Waals surface area contributed by atoms with E-state index >= 15 is 0 Å². The Bertz CT molecular complexity index is 4070. The minimum atomic E-state index is -1.35. The highest BCUT2D eigenvalue weighted by molar-refractivity contribution is 5.77. The van der Waals surface area contributed by atoms with E-state index in [2.05, 4.69) is 35.9 Å². The summed E-state index contributed by atoms with van der Waals surface area (Å²) in [6.07, 6.45) is 10.3. The van der Waals surface area contributed by atoms with Crippen LogP contribution in [0.1, 0.15) is 135 Å². The third kappa shape index (κ3) is 56.9. The van der Waals surface area contributed by atoms with Crippen LogP contribution in [-0.2, 0) is 115 Å². The lowest BCUT2D eigenvalue weighted by atomic mass is 9.88. The molecule has 0 aromatic rings. The lowest BCUT2D eigenvalue weighted by Crippen LogP contribution is -2.62. The van der Waals surface area contributed by atoms with Gasteiger partial charge >= 0.3 is 89.5 Å². The molecule has 18 N–H and O–H groups in total. The Morgan fingerprint density at radius 3 is 0.933 bits per heavy atom. The highest BCUT2D eigenvalue weighted by Gasteiger charge is 2.49. The minimum Gasteiger partial charge on any atom is -0.483 e. The third-order valence-corrected chi connectivity index (χ3v) is 25.2. The zero-order valence-electron chi connectivity index (χ0n) is 84.8. The number of carboxylic acid groups (broad SMARTS) is 15. The molecule has 0 aromatic carbocycles. The number of nitrogens with zero attached hydrogens (tertiary/aromatic N) is 16. The van der Waals surface area contributed by atoms with E-state index in [4.69, 9.17) is 37.9 Å². The number of nitrogens with one attached hydrogen (secondary N) is 3. The number of aliphatic carboxylic acids is 15. The molecule has 0 aromatic heterocycles. The molecule has 4 rings (SSSR count). The molecule has 0 radical (unpaired) electrons. The summed E-state index contributed by atoms with van der Waals surface area (Å²) in [5.74, 6) is -19.0. The van der Waals surface area contributed by atoms with Crippen molar-refractivity contribution in [1.29, 1.82) is 0 Å². The van der Waals surface area contributed by atoms with Crippen LogP contribution in [0.2, 0.25) is 0 Å². The molecule has 4 heterocycles. The monoisotopic (exact) mass is 2140 g/mol. The van der Waals surface area contributed by atoms with Gasteiger partial charge in [-0.15, -0.1) is 0 Å². The number of aliphatic imine (C=N–C) groups is 4. The maximum Gasteiger partial charge on any atom is 0.317 e. The molecular formula is C91H155N19O39. The van der Waals surface area contributed by atoms with Crippen molar-refractivity contribution in [3.8, 4) is 0 Å². The summed E-state index contributed by atoms with van der Waals surface area (Å²) in [6.45, 7) is -6.43. The van der Waals surface area contributed by atoms with Crippen molar-refractivity contribution in [1.82, 2.24) is 74.7 Å². The summed E-state index contributed by atoms with van der Waals surface area (Å²) in [7, 11) is 1.50. The molecule has 0 spiro atoms. The van der Waals surface area contributed by atoms with E-state index in [1.807, 2.05) is 0 Å². The second kappa shape index (κ2) is 73.0. The number of unbranched alkanes of at least 4 members (excludes halogenated alkanes) is 7. The van der Waals surface area contributed by atoms with Gasteiger partial charge < -0.3 is 114 Å². The molecule has 4 atom stereocenters. The van der Waals surface area contributed by atoms with Crippen molar-refractivity contribution in [3.05, 3.63) is 0 Å². The van der Waals surface area contributed by atoms with Crippen LogP contribution in [0, 0.1) is 0 Å². The summed E-state index contributed by atoms with van der Waals surface area (Å²) in [4.78, 5) is 228. The number of rotatable bonds is 88. The molecule has 149 heavy (non-hydrogen) atoms. The van der Waals surface area contributed by atoms with Gasteiger partial charge in [-0.25, -0.2) is 9.98 Å². The first kappa shape index (κ1) is 130. The van der Waals surface area contributed by atoms with Gasteiger partial charge in [0.1, 0.15) is 13.0 Å². The Morgan fingerprint density at radius 1 is 0.315 bits per heavy atom. The molecule has 58 heteroatoms. The standard InChI is InChI=1S/C91H155N19O39/c1-92-61-147-72(98-67-149-71(97-66-145-37-15-8-22-91(110(51-86(138)139)52-87(140)141)59-105(44-79(124)125)32-33-106(60-91)68-146-69-111)17-3-10-24-94-63-143-35-13-6-20-89(108(47-82(130)131)48-83(132)133)55-101(40-75(116)117)28-29-102(56-89)41-76(118)119)18-4-11-25-95-64-148-70(96-65-144-36-14-7-21-90(109(49-84(134)135)50-85(136)137)57-103(42-77(120)121)30-31-104(58-90)43-78(122)123)16-2-9-23-93-62-142-34-12-5-19-88(107(45-80(126)127)46-81(128)129)53-99(38-73(112)113)26-27-100(54-88)39-74(114)115/h61,63,66-67,69-72,93,95-96H,2-60,62,64-65,68H2,1H3,(H,112,113)(H,114,115)(H,116,117)(H,118,119)(H,120,121)(H,122,123)(H,124,125)(H,126,127)(H,128,129)(H,130,131)(H,132,133)(H,134,135)(H,136,137)(H,138,139)(H,140,141)/b92-61-,94-63-,97-66-,98-67+/t70-,71+,72+,91?/m0/s1. The summed E-state index contributed by atoms with van der Waals surface area (Å²) < 4.78 is 46.9. The third-order valence-electron chi connectivity index (χ3n) is 25.2. The molecule has 4 fully saturated rings. The first-order chi connectivity index (χ1) is 71.0. The number of hydrogen-bond donors (Lipinski definition) is 18. The summed E-state index contributed by atoms with van der Waals surface area (Å²) >= 11 is 0. The minimum absolute atomic E-state index is 0.00880. The van der Waals surface area contributed by atoms with E-state index in [9.17, 15) is 153 Å². The van der Waals surface area contributed by atoms with Gasteiger partial charge in [-0.2, -0.15) is 0 Å². The summed E-state index contributed by atoms with van der Waals surface area (Å²) in [5, 5.41) is 158. The van der Waals surface area contributed by atoms with Crippen LogP contribution in [-0.4, -0.2) is 581 Å². The maximum atomic E-state index is 12.3. The highest BCUT2D eigenvalue weighted by Crippen LogP contribution is 2.34. The van der Waals surface area contributed by atoms with Crippen molar-refractivity contribution in [2.75, 3.05) is 283 Å². The van der Waals surface area contributed by atoms with Crippen LogP contribution in [0.15, 0.2) is 20.0 Å². The summed E-state index contributed by atoms with van der Waals surface area (Å²) in [6, 6.07) is 0. The molecule has 4 aliphatic rings. The predicted molar refractivity (Wildman–Crippen MR) is 524 cm³/mol. The predicted octanol–water partition coefficient (Wildman–Crippen LogP) is -3.31. The molecule has 0 bridgehead atoms. The lowest BCUT2D eigenvalue weighted by Gasteiger charge is -2.45. The average molecular weight is 2140 g/mol. The number of hydrogen-bond acceptors (Lipinski definition) is 43. The summed E-state index contributed by atoms with van der Waals surface area (Å²) in [5.41, 5.74) is -5.19. The molecule has 0 amide bonds. The van der Waals surface area contributed by atoms with Gasteiger partial charge in [0.15, 0.2) is 38.1 Å². The van der Waals surface area contributed by atoms with Crippen LogP contribution in [0.3, 0.4) is 0 Å². The van der Waals surface area contributed by atoms with Crippen molar-refractivity contribution >= 4 is 122 Å². The molecule has 4 aliphatic heterocycles. The second-order valence-electron chi connectivity index (χ2n) is 37.4. The smallest absolute Gasteiger partial charge is 0.317 e. The Balaban J connectivity index is 1.50. The van der Waals surface area contributed by atoms with Gasteiger partial charge in [0.25, 0.3) is 6.47 Å².